The van der Waals surface area contributed by atoms with Gasteiger partial charge in [-0.25, -0.2) is 24.9 Å². The Hall–Kier alpha value is -13.2. The van der Waals surface area contributed by atoms with Gasteiger partial charge in [0.25, 0.3) is 29.5 Å². The Morgan fingerprint density at radius 3 is 1.19 bits per heavy atom. The summed E-state index contributed by atoms with van der Waals surface area (Å²) in [6, 6.07) is 44.8. The normalized spacial score (nSPS) is 18.6. The second kappa shape index (κ2) is 44.4. The monoisotopic (exact) mass is 2150 g/mol. The molecule has 5 fully saturated rings. The van der Waals surface area contributed by atoms with E-state index in [4.69, 9.17) is 115 Å². The van der Waals surface area contributed by atoms with Gasteiger partial charge in [-0.1, -0.05) is 105 Å². The van der Waals surface area contributed by atoms with Crippen molar-refractivity contribution in [1.82, 2.24) is 69.4 Å². The first kappa shape index (κ1) is 101. The molecule has 5 saturated heterocycles. The third kappa shape index (κ3) is 21.3. The number of fused-ring (bicyclic) bond motifs is 10. The number of ether oxygens (including phenoxy) is 5. The molecule has 0 spiro atoms. The van der Waals surface area contributed by atoms with Gasteiger partial charge in [-0.15, -0.1) is 0 Å². The summed E-state index contributed by atoms with van der Waals surface area (Å²) in [6.07, 6.45) is 31.3. The van der Waals surface area contributed by atoms with E-state index in [0.29, 0.717) is 103 Å². The lowest BCUT2D eigenvalue weighted by atomic mass is 9.98. The molecule has 150 heavy (non-hydrogen) atoms. The Labute approximate surface area is 901 Å². The van der Waals surface area contributed by atoms with Crippen LogP contribution in [0.25, 0.3) is 111 Å². The second-order valence-electron chi connectivity index (χ2n) is 40.0. The fourth-order valence-electron chi connectivity index (χ4n) is 22.5. The number of aliphatic hydroxyl groups is 1. The number of halogens is 7. The van der Waals surface area contributed by atoms with Crippen LogP contribution in [0, 0.1) is 0 Å². The van der Waals surface area contributed by atoms with Crippen molar-refractivity contribution in [3.05, 3.63) is 269 Å². The van der Waals surface area contributed by atoms with Crippen LogP contribution in [0.1, 0.15) is 148 Å². The van der Waals surface area contributed by atoms with Crippen molar-refractivity contribution in [2.45, 2.75) is 185 Å². The van der Waals surface area contributed by atoms with Crippen LogP contribution in [0.4, 0.5) is 5.82 Å². The number of pyridine rings is 6. The van der Waals surface area contributed by atoms with Gasteiger partial charge in [-0.05, 0) is 246 Å². The standard InChI is InChI=1S/C31H27ClN4O2.C24H26ClN3O3.C21H19Cl2N3O2.C21H19ClN2O3.C19H19Cl2N3O2/c32-22-12-21-14-28(31(37)36-10-4-1-5-11-36)38-29(21)26(15-22)25-8-9-33-30-27(25)17-24(35-30)16-23-13-19-6-2-3-7-20(19)18-34-23;1-14(29)9-17-13-20-18(5-6-26-23(20)27-17)19-12-16(25)10-15-11-21(31-22(15)19)24(30)28-7-3-2-4-8-28;22-15-10-12-11-16(21(27)26-8-2-1-3-9-26)28-19(12)17(18(15)23)13-4-6-24-20-14(13)5-7-25-20;22-14-10-13-11-18(21(25)24-7-2-1-3-8-24)27-19(13)17(12-14)15-4-6-23-20-16(15)5-9-26-20;20-12-8-11-9-15(19(25)24-6-2-1-3-7-24)26-17(11)14(10-12)13-4-5-23-18(22)16(13)21/h2-3,6-9,12-13,15,17-18,28H,1,4-5,10-11,14,16H2,(H,33,35);5-6,10,12-14,21,29H,2-4,7-9,11H2,1H3,(H,26,27);4-7,10,16H,1-3,8-9,11H2,(H,24,25);4-6,9-10,12,18H,1-3,7-8,11H2;4-5,8,10,15H,1-3,6-7,9H2,(H2,22,23). The number of H-pyrrole nitrogens is 3. The molecule has 20 heterocycles. The number of aromatic amines is 3. The first-order valence-corrected chi connectivity index (χ1v) is 54.3. The van der Waals surface area contributed by atoms with E-state index in [1.165, 1.54) is 37.5 Å². The molecule has 6 unspecified atom stereocenters. The minimum absolute atomic E-state index is 0.0447. The van der Waals surface area contributed by atoms with E-state index in [1.54, 1.807) is 56.3 Å². The van der Waals surface area contributed by atoms with E-state index >= 15 is 0 Å². The molecule has 0 saturated carbocycles. The minimum atomic E-state index is -0.523. The average Bonchev–Trinajstić information content (AvgIpc) is 1.63. The fourth-order valence-corrected chi connectivity index (χ4v) is 24.1. The molecule has 26 rings (SSSR count). The summed E-state index contributed by atoms with van der Waals surface area (Å²) in [5, 5.41) is 19.5. The number of aliphatic hydroxyl groups excluding tert-OH is 1. The highest BCUT2D eigenvalue weighted by Crippen LogP contribution is 2.53. The zero-order chi connectivity index (χ0) is 103. The number of nitrogens with zero attached hydrogens (tertiary/aromatic N) is 11. The quantitative estimate of drug-likeness (QED) is 0.0675. The number of carbonyl (C=O) groups is 5. The molecule has 6 N–H and O–H groups in total. The molecule has 10 aromatic heterocycles. The van der Waals surface area contributed by atoms with Crippen LogP contribution in [0.3, 0.4) is 0 Å². The first-order chi connectivity index (χ1) is 73.0. The summed E-state index contributed by atoms with van der Waals surface area (Å²) in [6.45, 7) is 9.85. The molecular formula is C116H110Cl7N15O12. The lowest BCUT2D eigenvalue weighted by Crippen LogP contribution is -2.43. The predicted molar refractivity (Wildman–Crippen MR) is 586 cm³/mol. The predicted octanol–water partition coefficient (Wildman–Crippen LogP) is 23.7. The molecule has 0 radical (unpaired) electrons. The van der Waals surface area contributed by atoms with Crippen molar-refractivity contribution in [2.24, 2.45) is 0 Å². The summed E-state index contributed by atoms with van der Waals surface area (Å²) in [4.78, 5) is 111. The maximum Gasteiger partial charge on any atom is 0.263 e. The molecule has 10 aliphatic heterocycles. The molecule has 0 aliphatic carbocycles. The molecule has 10 aliphatic rings. The first-order valence-electron chi connectivity index (χ1n) is 51.7. The number of nitrogens with one attached hydrogen (secondary N) is 3. The van der Waals surface area contributed by atoms with Gasteiger partial charge in [0.05, 0.1) is 27.4 Å². The highest BCUT2D eigenvalue weighted by molar-refractivity contribution is 6.44. The van der Waals surface area contributed by atoms with E-state index in [2.05, 4.69) is 69.1 Å². The maximum atomic E-state index is 13.2. The summed E-state index contributed by atoms with van der Waals surface area (Å²) < 4.78 is 36.5. The molecule has 16 aromatic rings. The van der Waals surface area contributed by atoms with E-state index < -0.39 is 36.6 Å². The number of nitrogen functional groups attached to an aromatic ring is 1. The van der Waals surface area contributed by atoms with E-state index in [0.717, 1.165) is 286 Å². The van der Waals surface area contributed by atoms with Gasteiger partial charge in [0.2, 0.25) is 5.71 Å². The van der Waals surface area contributed by atoms with Crippen LogP contribution in [0.2, 0.25) is 35.2 Å². The zero-order valence-electron chi connectivity index (χ0n) is 82.6. The number of hydrogen-bond acceptors (Lipinski definition) is 19. The van der Waals surface area contributed by atoms with Gasteiger partial charge in [0.1, 0.15) is 51.5 Å². The summed E-state index contributed by atoms with van der Waals surface area (Å²) in [7, 11) is 0. The number of anilines is 1. The minimum Gasteiger partial charge on any atom is -0.479 e. The van der Waals surface area contributed by atoms with Crippen molar-refractivity contribution in [3.8, 4) is 84.4 Å². The molecule has 6 aromatic carbocycles. The SMILES string of the molecule is CC(O)Cc1cc2c(-c3cc(Cl)cc4c3OC(C(=O)N3CCCCC3)C4)ccnc2[nH]1.Nc1nccc(-c2cc(Cl)cc3c2OC(C(=O)N2CCCCC2)C3)c1Cl.O=C(C1Cc2cc(Cl)c(Cl)c(-c3ccnc4[nH]ccc34)c2O1)N1CCCCC1.O=C(C1Cc2cc(Cl)cc(-c3ccnc4[nH]c(Cc5cc6ccccc6cn5)cc34)c2O1)N1CCCCC1.O=C(C1Cc2cc(Cl)cc(-c3ccnc4occc34)c2O1)N1CCCCC1. The number of piperidine rings is 5. The third-order valence-electron chi connectivity index (χ3n) is 29.7. The highest BCUT2D eigenvalue weighted by atomic mass is 35.5. The number of hydrogen-bond donors (Lipinski definition) is 5. The third-order valence-corrected chi connectivity index (χ3v) is 31.8. The van der Waals surface area contributed by atoms with Gasteiger partial charge in [-0.3, -0.25) is 29.0 Å². The van der Waals surface area contributed by atoms with Crippen LogP contribution >= 0.6 is 81.2 Å². The van der Waals surface area contributed by atoms with Crippen molar-refractivity contribution in [3.63, 3.8) is 0 Å². The average molecular weight is 2150 g/mol. The molecule has 27 nitrogen and oxygen atoms in total. The lowest BCUT2D eigenvalue weighted by molar-refractivity contribution is -0.139. The number of benzene rings is 6. The highest BCUT2D eigenvalue weighted by Gasteiger charge is 2.43. The van der Waals surface area contributed by atoms with Gasteiger partial charge >= 0.3 is 0 Å². The van der Waals surface area contributed by atoms with Gasteiger partial charge in [-0.2, -0.15) is 0 Å². The molecule has 6 atom stereocenters. The van der Waals surface area contributed by atoms with E-state index in [-0.39, 0.29) is 35.4 Å². The topological polar surface area (TPSA) is 332 Å². The van der Waals surface area contributed by atoms with Crippen molar-refractivity contribution < 1.29 is 57.2 Å². The number of furan rings is 1. The van der Waals surface area contributed by atoms with Gasteiger partial charge < -0.3 is 78.4 Å². The lowest BCUT2D eigenvalue weighted by Gasteiger charge is -2.28. The molecular weight excluding hydrogens is 2040 g/mol. The fraction of sp³-hybridized carbons (Fsp3) is 0.336. The number of carbonyl (C=O) groups excluding carboxylic acids is 5. The number of rotatable bonds is 14. The Morgan fingerprint density at radius 1 is 0.373 bits per heavy atom. The second-order valence-corrected chi connectivity index (χ2v) is 42.9. The van der Waals surface area contributed by atoms with Crippen LogP contribution in [0.15, 0.2) is 194 Å². The number of amides is 5. The molecule has 0 bridgehead atoms. The van der Waals surface area contributed by atoms with E-state index in [9.17, 15) is 29.1 Å². The van der Waals surface area contributed by atoms with Crippen LogP contribution in [0.5, 0.6) is 28.7 Å². The molecule has 5 amide bonds. The Morgan fingerprint density at radius 2 is 0.747 bits per heavy atom. The number of nitrogens with two attached hydrogens (primary N) is 1. The molecule has 34 heteroatoms. The molecule has 770 valence electrons. The van der Waals surface area contributed by atoms with Gasteiger partial charge in [0, 0.05) is 279 Å². The van der Waals surface area contributed by atoms with Crippen LogP contribution in [-0.4, -0.2) is 206 Å². The smallest absolute Gasteiger partial charge is 0.263 e. The van der Waals surface area contributed by atoms with Crippen molar-refractivity contribution in [1.29, 1.82) is 0 Å². The summed E-state index contributed by atoms with van der Waals surface area (Å²) in [5.74, 6) is 4.08. The Bertz CT molecular complexity index is 7880. The van der Waals surface area contributed by atoms with Crippen molar-refractivity contribution in [2.75, 3.05) is 71.2 Å². The summed E-state index contributed by atoms with van der Waals surface area (Å²) in [5.41, 5.74) is 25.0. The maximum absolute atomic E-state index is 13.2. The Kier molecular flexibility index (Phi) is 30.0. The van der Waals surface area contributed by atoms with Crippen LogP contribution in [-0.2, 0) is 68.9 Å². The largest absolute Gasteiger partial charge is 0.479 e. The van der Waals surface area contributed by atoms with Crippen molar-refractivity contribution >= 4 is 172 Å². The summed E-state index contributed by atoms with van der Waals surface area (Å²) >= 11 is 45.2. The van der Waals surface area contributed by atoms with Crippen LogP contribution < -0.4 is 29.4 Å². The number of aromatic nitrogens is 9. The van der Waals surface area contributed by atoms with E-state index in [1.807, 2.05) is 140 Å². The number of likely N-dealkylation sites (tertiary alicyclic amines) is 5. The Balaban J connectivity index is 0.000000107. The van der Waals surface area contributed by atoms with Gasteiger partial charge in [0.15, 0.2) is 30.5 Å². The zero-order valence-corrected chi connectivity index (χ0v) is 87.9.